The molecule has 0 spiro atoms. The number of ether oxygens (including phenoxy) is 1. The minimum absolute atomic E-state index is 0.192. The molecule has 0 aliphatic heterocycles. The quantitative estimate of drug-likeness (QED) is 0.696. The topological polar surface area (TPSA) is 62.1 Å². The predicted molar refractivity (Wildman–Crippen MR) is 114 cm³/mol. The van der Waals surface area contributed by atoms with E-state index in [1.165, 1.54) is 10.4 Å². The number of thiophene rings is 1. The maximum atomic E-state index is 12.9. The number of nitrogens with zero attached hydrogens (tertiary/aromatic N) is 1. The first-order chi connectivity index (χ1) is 13.5. The van der Waals surface area contributed by atoms with E-state index < -0.39 is 6.10 Å². The SMILES string of the molecule is CC[C@@H]1CCc2c(sc(NC(=O)[C@@H](CC)Oc3ccc(C)c(C)c3)c2C#N)C1. The van der Waals surface area contributed by atoms with Crippen molar-refractivity contribution in [2.45, 2.75) is 65.9 Å². The molecule has 0 radical (unpaired) electrons. The number of aryl methyl sites for hydroxylation is 2. The highest BCUT2D eigenvalue weighted by atomic mass is 32.1. The van der Waals surface area contributed by atoms with Crippen LogP contribution in [0, 0.1) is 31.1 Å². The van der Waals surface area contributed by atoms with Gasteiger partial charge in [-0.2, -0.15) is 5.26 Å². The normalized spacial score (nSPS) is 16.8. The summed E-state index contributed by atoms with van der Waals surface area (Å²) in [5.41, 5.74) is 4.11. The zero-order valence-electron chi connectivity index (χ0n) is 17.1. The fourth-order valence-electron chi connectivity index (χ4n) is 3.68. The van der Waals surface area contributed by atoms with Crippen LogP contribution in [0.3, 0.4) is 0 Å². The molecule has 2 atom stereocenters. The fraction of sp³-hybridized carbons (Fsp3) is 0.478. The summed E-state index contributed by atoms with van der Waals surface area (Å²) < 4.78 is 5.95. The lowest BCUT2D eigenvalue weighted by Gasteiger charge is -2.20. The van der Waals surface area contributed by atoms with E-state index in [0.717, 1.165) is 36.8 Å². The lowest BCUT2D eigenvalue weighted by Crippen LogP contribution is -2.32. The van der Waals surface area contributed by atoms with Crippen LogP contribution in [0.4, 0.5) is 5.00 Å². The molecule has 4 nitrogen and oxygen atoms in total. The smallest absolute Gasteiger partial charge is 0.266 e. The summed E-state index contributed by atoms with van der Waals surface area (Å²) >= 11 is 1.56. The van der Waals surface area contributed by atoms with Crippen LogP contribution in [0.25, 0.3) is 0 Å². The third-order valence-electron chi connectivity index (χ3n) is 5.71. The Labute approximate surface area is 171 Å². The Morgan fingerprint density at radius 3 is 2.79 bits per heavy atom. The second-order valence-electron chi connectivity index (χ2n) is 7.59. The van der Waals surface area contributed by atoms with Gasteiger partial charge in [0.05, 0.1) is 5.56 Å². The van der Waals surface area contributed by atoms with Crippen molar-refractivity contribution < 1.29 is 9.53 Å². The molecule has 1 aromatic carbocycles. The number of nitriles is 1. The van der Waals surface area contributed by atoms with Gasteiger partial charge in [0.25, 0.3) is 5.91 Å². The lowest BCUT2D eigenvalue weighted by molar-refractivity contribution is -0.122. The standard InChI is InChI=1S/C23H28N2O2S/c1-5-16-8-10-18-19(13-24)23(28-21(18)12-16)25-22(26)20(6-2)27-17-9-7-14(3)15(4)11-17/h7,9,11,16,20H,5-6,8,10,12H2,1-4H3,(H,25,26)/t16-,20-/m1/s1. The Hall–Kier alpha value is -2.32. The minimum Gasteiger partial charge on any atom is -0.481 e. The molecule has 28 heavy (non-hydrogen) atoms. The molecule has 1 heterocycles. The maximum absolute atomic E-state index is 12.9. The number of nitrogens with one attached hydrogen (secondary N) is 1. The van der Waals surface area contributed by atoms with Crippen molar-refractivity contribution in [1.82, 2.24) is 0 Å². The fourth-order valence-corrected chi connectivity index (χ4v) is 4.99. The summed E-state index contributed by atoms with van der Waals surface area (Å²) in [6, 6.07) is 8.17. The number of hydrogen-bond donors (Lipinski definition) is 1. The summed E-state index contributed by atoms with van der Waals surface area (Å²) in [5, 5.41) is 13.3. The molecule has 1 aromatic heterocycles. The van der Waals surface area contributed by atoms with Gasteiger partial charge in [-0.3, -0.25) is 4.79 Å². The van der Waals surface area contributed by atoms with Crippen LogP contribution in [0.2, 0.25) is 0 Å². The van der Waals surface area contributed by atoms with Gasteiger partial charge in [-0.15, -0.1) is 11.3 Å². The largest absolute Gasteiger partial charge is 0.481 e. The lowest BCUT2D eigenvalue weighted by atomic mass is 9.86. The average molecular weight is 397 g/mol. The number of carbonyl (C=O) groups excluding carboxylic acids is 1. The minimum atomic E-state index is -0.587. The highest BCUT2D eigenvalue weighted by Crippen LogP contribution is 2.40. The van der Waals surface area contributed by atoms with E-state index in [-0.39, 0.29) is 5.91 Å². The van der Waals surface area contributed by atoms with Gasteiger partial charge >= 0.3 is 0 Å². The molecule has 0 saturated heterocycles. The van der Waals surface area contributed by atoms with E-state index in [2.05, 4.69) is 18.3 Å². The number of carbonyl (C=O) groups is 1. The van der Waals surface area contributed by atoms with E-state index in [4.69, 9.17) is 4.74 Å². The first-order valence-electron chi connectivity index (χ1n) is 10.1. The molecule has 0 fully saturated rings. The third kappa shape index (κ3) is 4.23. The molecule has 0 unspecified atom stereocenters. The van der Waals surface area contributed by atoms with Crippen molar-refractivity contribution in [2.75, 3.05) is 5.32 Å². The highest BCUT2D eigenvalue weighted by molar-refractivity contribution is 7.16. The first kappa shape index (κ1) is 20.4. The average Bonchev–Trinajstić information content (AvgIpc) is 3.04. The van der Waals surface area contributed by atoms with Gasteiger partial charge in [-0.05, 0) is 74.3 Å². The number of amides is 1. The second-order valence-corrected chi connectivity index (χ2v) is 8.69. The van der Waals surface area contributed by atoms with Crippen LogP contribution in [0.5, 0.6) is 5.75 Å². The summed E-state index contributed by atoms with van der Waals surface area (Å²) in [6.45, 7) is 8.23. The Bertz CT molecular complexity index is 910. The van der Waals surface area contributed by atoms with E-state index in [1.54, 1.807) is 11.3 Å². The van der Waals surface area contributed by atoms with Crippen LogP contribution >= 0.6 is 11.3 Å². The molecule has 5 heteroatoms. The summed E-state index contributed by atoms with van der Waals surface area (Å²) in [5.74, 6) is 1.18. The van der Waals surface area contributed by atoms with E-state index in [1.807, 2.05) is 39.0 Å². The zero-order chi connectivity index (χ0) is 20.3. The van der Waals surface area contributed by atoms with Crippen LogP contribution in [0.1, 0.15) is 60.2 Å². The number of rotatable bonds is 6. The molecule has 1 N–H and O–H groups in total. The Balaban J connectivity index is 1.76. The van der Waals surface area contributed by atoms with Crippen LogP contribution in [-0.4, -0.2) is 12.0 Å². The number of hydrogen-bond acceptors (Lipinski definition) is 4. The number of anilines is 1. The third-order valence-corrected chi connectivity index (χ3v) is 6.88. The molecule has 2 aromatic rings. The van der Waals surface area contributed by atoms with Crippen molar-refractivity contribution in [3.8, 4) is 11.8 Å². The van der Waals surface area contributed by atoms with Crippen molar-refractivity contribution in [2.24, 2.45) is 5.92 Å². The van der Waals surface area contributed by atoms with Crippen molar-refractivity contribution in [3.63, 3.8) is 0 Å². The molecular weight excluding hydrogens is 368 g/mol. The van der Waals surface area contributed by atoms with Crippen molar-refractivity contribution >= 4 is 22.2 Å². The Morgan fingerprint density at radius 1 is 1.36 bits per heavy atom. The van der Waals surface area contributed by atoms with Gasteiger partial charge in [0.2, 0.25) is 0 Å². The number of benzene rings is 1. The first-order valence-corrected chi connectivity index (χ1v) is 10.9. The van der Waals surface area contributed by atoms with Crippen LogP contribution < -0.4 is 10.1 Å². The summed E-state index contributed by atoms with van der Waals surface area (Å²) in [4.78, 5) is 14.1. The van der Waals surface area contributed by atoms with Gasteiger partial charge in [0, 0.05) is 4.88 Å². The van der Waals surface area contributed by atoms with Crippen LogP contribution in [0.15, 0.2) is 18.2 Å². The van der Waals surface area contributed by atoms with Crippen molar-refractivity contribution in [1.29, 1.82) is 5.26 Å². The second kappa shape index (κ2) is 8.79. The highest BCUT2D eigenvalue weighted by Gasteiger charge is 2.27. The zero-order valence-corrected chi connectivity index (χ0v) is 17.9. The van der Waals surface area contributed by atoms with E-state index >= 15 is 0 Å². The molecule has 1 aliphatic carbocycles. The van der Waals surface area contributed by atoms with Crippen molar-refractivity contribution in [3.05, 3.63) is 45.3 Å². The van der Waals surface area contributed by atoms with Gasteiger partial charge in [0.15, 0.2) is 6.10 Å². The monoisotopic (exact) mass is 396 g/mol. The van der Waals surface area contributed by atoms with Gasteiger partial charge < -0.3 is 10.1 Å². The molecule has 0 bridgehead atoms. The molecule has 148 valence electrons. The predicted octanol–water partition coefficient (Wildman–Crippen LogP) is 5.55. The van der Waals surface area contributed by atoms with Crippen LogP contribution in [-0.2, 0) is 17.6 Å². The Morgan fingerprint density at radius 2 is 2.14 bits per heavy atom. The molecule has 1 amide bonds. The maximum Gasteiger partial charge on any atom is 0.266 e. The molecule has 1 aliphatic rings. The van der Waals surface area contributed by atoms with E-state index in [0.29, 0.717) is 28.7 Å². The van der Waals surface area contributed by atoms with E-state index in [9.17, 15) is 10.1 Å². The number of fused-ring (bicyclic) bond motifs is 1. The van der Waals surface area contributed by atoms with Gasteiger partial charge in [-0.1, -0.05) is 26.3 Å². The van der Waals surface area contributed by atoms with Gasteiger partial charge in [-0.25, -0.2) is 0 Å². The molecule has 0 saturated carbocycles. The Kier molecular flexibility index (Phi) is 6.41. The molecule has 3 rings (SSSR count). The van der Waals surface area contributed by atoms with Gasteiger partial charge in [0.1, 0.15) is 16.8 Å². The summed E-state index contributed by atoms with van der Waals surface area (Å²) in [6.07, 6.45) is 4.19. The summed E-state index contributed by atoms with van der Waals surface area (Å²) in [7, 11) is 0. The molecular formula is C23H28N2O2S.